The molecule has 2 atom stereocenters. The van der Waals surface area contributed by atoms with E-state index in [4.69, 9.17) is 0 Å². The van der Waals surface area contributed by atoms with Crippen LogP contribution in [0.15, 0.2) is 83.3 Å². The van der Waals surface area contributed by atoms with E-state index in [-0.39, 0.29) is 6.04 Å². The third kappa shape index (κ3) is 4.45. The topological polar surface area (TPSA) is 37.4 Å². The lowest BCUT2D eigenvalue weighted by atomic mass is 9.83. The molecule has 0 amide bonds. The van der Waals surface area contributed by atoms with E-state index >= 15 is 0 Å². The number of benzene rings is 2. The molecule has 28 heavy (non-hydrogen) atoms. The van der Waals surface area contributed by atoms with Gasteiger partial charge in [-0.05, 0) is 57.2 Å². The molecule has 0 heterocycles. The zero-order valence-corrected chi connectivity index (χ0v) is 17.7. The van der Waals surface area contributed by atoms with Crippen LogP contribution in [0.1, 0.15) is 37.8 Å². The van der Waals surface area contributed by atoms with Crippen molar-refractivity contribution in [1.29, 1.82) is 0 Å². The Balaban J connectivity index is 2.04. The summed E-state index contributed by atoms with van der Waals surface area (Å²) in [6, 6.07) is 16.8. The summed E-state index contributed by atoms with van der Waals surface area (Å²) in [5.74, 6) is 0.306. The molecule has 4 heteroatoms. The van der Waals surface area contributed by atoms with Gasteiger partial charge in [0.25, 0.3) is 0 Å². The molecule has 1 aliphatic carbocycles. The van der Waals surface area contributed by atoms with E-state index in [2.05, 4.69) is 12.7 Å². The van der Waals surface area contributed by atoms with Gasteiger partial charge in [0.05, 0.1) is 4.90 Å². The van der Waals surface area contributed by atoms with Crippen LogP contribution >= 0.6 is 0 Å². The Labute approximate surface area is 169 Å². The summed E-state index contributed by atoms with van der Waals surface area (Å²) in [6.45, 7) is 10.5. The number of hydrogen-bond donors (Lipinski definition) is 0. The van der Waals surface area contributed by atoms with Gasteiger partial charge in [-0.1, -0.05) is 71.8 Å². The maximum atomic E-state index is 13.6. The van der Waals surface area contributed by atoms with Gasteiger partial charge in [-0.15, -0.1) is 0 Å². The van der Waals surface area contributed by atoms with Gasteiger partial charge < -0.3 is 0 Å². The molecular weight excluding hydrogens is 366 g/mol. The van der Waals surface area contributed by atoms with E-state index in [1.54, 1.807) is 16.4 Å². The maximum absolute atomic E-state index is 13.6. The van der Waals surface area contributed by atoms with Crippen LogP contribution in [0, 0.1) is 12.8 Å². The number of rotatable bonds is 6. The van der Waals surface area contributed by atoms with Gasteiger partial charge in [0.2, 0.25) is 10.0 Å². The van der Waals surface area contributed by atoms with E-state index in [1.807, 2.05) is 63.2 Å². The average molecular weight is 396 g/mol. The highest BCUT2D eigenvalue weighted by atomic mass is 32.2. The highest BCUT2D eigenvalue weighted by molar-refractivity contribution is 7.89. The molecule has 0 spiro atoms. The summed E-state index contributed by atoms with van der Waals surface area (Å²) < 4.78 is 29.0. The molecule has 0 radical (unpaired) electrons. The second kappa shape index (κ2) is 8.46. The summed E-state index contributed by atoms with van der Waals surface area (Å²) in [5, 5.41) is 0. The van der Waals surface area contributed by atoms with Crippen molar-refractivity contribution in [3.63, 3.8) is 0 Å². The van der Waals surface area contributed by atoms with Crippen LogP contribution < -0.4 is 0 Å². The van der Waals surface area contributed by atoms with Gasteiger partial charge in [-0.3, -0.25) is 0 Å². The smallest absolute Gasteiger partial charge is 0.207 e. The molecule has 0 saturated carbocycles. The molecule has 3 rings (SSSR count). The van der Waals surface area contributed by atoms with Gasteiger partial charge in [-0.25, -0.2) is 8.42 Å². The summed E-state index contributed by atoms with van der Waals surface area (Å²) in [6.07, 6.45) is 3.88. The lowest BCUT2D eigenvalue weighted by molar-refractivity contribution is 0.293. The van der Waals surface area contributed by atoms with E-state index in [0.29, 0.717) is 17.4 Å². The first-order valence-electron chi connectivity index (χ1n) is 9.73. The van der Waals surface area contributed by atoms with Gasteiger partial charge in [-0.2, -0.15) is 4.31 Å². The van der Waals surface area contributed by atoms with Crippen LogP contribution in [0.4, 0.5) is 0 Å². The van der Waals surface area contributed by atoms with Gasteiger partial charge in [0.1, 0.15) is 0 Å². The zero-order valence-electron chi connectivity index (χ0n) is 16.9. The maximum Gasteiger partial charge on any atom is 0.243 e. The monoisotopic (exact) mass is 395 g/mol. The first kappa shape index (κ1) is 20.6. The highest BCUT2D eigenvalue weighted by Crippen LogP contribution is 2.35. The second-order valence-corrected chi connectivity index (χ2v) is 9.72. The fraction of sp³-hybridized carbons (Fsp3) is 0.333. The lowest BCUT2D eigenvalue weighted by Gasteiger charge is -2.37. The third-order valence-corrected chi connectivity index (χ3v) is 7.48. The molecule has 3 nitrogen and oxygen atoms in total. The second-order valence-electron chi connectivity index (χ2n) is 7.83. The molecule has 0 N–H and O–H groups in total. The van der Waals surface area contributed by atoms with E-state index < -0.39 is 10.0 Å². The molecule has 0 saturated heterocycles. The molecule has 0 aromatic heterocycles. The summed E-state index contributed by atoms with van der Waals surface area (Å²) in [7, 11) is -3.63. The van der Waals surface area contributed by atoms with Crippen molar-refractivity contribution in [2.75, 3.05) is 0 Å². The number of hydrogen-bond acceptors (Lipinski definition) is 2. The predicted octanol–water partition coefficient (Wildman–Crippen LogP) is 5.49. The van der Waals surface area contributed by atoms with Gasteiger partial charge >= 0.3 is 0 Å². The van der Waals surface area contributed by atoms with Crippen LogP contribution in [0.3, 0.4) is 0 Å². The zero-order chi connectivity index (χ0) is 20.3. The van der Waals surface area contributed by atoms with Crippen molar-refractivity contribution in [2.45, 2.75) is 51.1 Å². The Hall–Kier alpha value is -2.17. The Morgan fingerprint density at radius 1 is 1.07 bits per heavy atom. The molecule has 0 aliphatic heterocycles. The first-order chi connectivity index (χ1) is 13.3. The van der Waals surface area contributed by atoms with Crippen molar-refractivity contribution in [3.05, 3.63) is 89.5 Å². The van der Waals surface area contributed by atoms with Crippen molar-refractivity contribution in [1.82, 2.24) is 4.31 Å². The minimum Gasteiger partial charge on any atom is -0.207 e. The number of nitrogens with zero attached hydrogens (tertiary/aromatic N) is 1. The van der Waals surface area contributed by atoms with Crippen LogP contribution in [0.5, 0.6) is 0 Å². The molecule has 1 aliphatic rings. The largest absolute Gasteiger partial charge is 0.243 e. The van der Waals surface area contributed by atoms with E-state index in [1.165, 1.54) is 0 Å². The minimum atomic E-state index is -3.63. The number of aryl methyl sites for hydroxylation is 1. The molecule has 0 fully saturated rings. The van der Waals surface area contributed by atoms with Crippen LogP contribution in [-0.2, 0) is 16.6 Å². The normalized spacial score (nSPS) is 20.1. The molecule has 148 valence electrons. The molecule has 0 bridgehead atoms. The fourth-order valence-corrected chi connectivity index (χ4v) is 5.39. The van der Waals surface area contributed by atoms with Gasteiger partial charge in [0.15, 0.2) is 0 Å². The van der Waals surface area contributed by atoms with E-state index in [9.17, 15) is 8.42 Å². The Kier molecular flexibility index (Phi) is 6.21. The summed E-state index contributed by atoms with van der Waals surface area (Å²) >= 11 is 0. The standard InChI is InChI=1S/C24H29NO2S/c1-18(2)22-13-12-20(4)24(16-22)25(17-21-8-6-5-7-9-21)28(26,27)23-14-10-19(3)11-15-23/h5-12,14-15,22,24H,1,13,16-17H2,2-4H3/t22-,24?/m0/s1. The molecule has 1 unspecified atom stereocenters. The lowest BCUT2D eigenvalue weighted by Crippen LogP contribution is -2.43. The van der Waals surface area contributed by atoms with Crippen molar-refractivity contribution in [2.24, 2.45) is 5.92 Å². The van der Waals surface area contributed by atoms with Crippen LogP contribution in [0.25, 0.3) is 0 Å². The van der Waals surface area contributed by atoms with Crippen molar-refractivity contribution >= 4 is 10.0 Å². The molecule has 2 aromatic carbocycles. The minimum absolute atomic E-state index is 0.165. The van der Waals surface area contributed by atoms with E-state index in [0.717, 1.165) is 35.1 Å². The SMILES string of the molecule is C=C(C)[C@H]1CC=C(C)C(N(Cc2ccccc2)S(=O)(=O)c2ccc(C)cc2)C1. The van der Waals surface area contributed by atoms with Gasteiger partial charge in [0, 0.05) is 12.6 Å². The first-order valence-corrected chi connectivity index (χ1v) is 11.2. The average Bonchev–Trinajstić information content (AvgIpc) is 2.67. The Morgan fingerprint density at radius 3 is 2.32 bits per heavy atom. The Bertz CT molecular complexity index is 959. The number of sulfonamides is 1. The third-order valence-electron chi connectivity index (χ3n) is 5.61. The predicted molar refractivity (Wildman–Crippen MR) is 115 cm³/mol. The van der Waals surface area contributed by atoms with Crippen molar-refractivity contribution in [3.8, 4) is 0 Å². The van der Waals surface area contributed by atoms with Crippen molar-refractivity contribution < 1.29 is 8.42 Å². The molecule has 2 aromatic rings. The number of allylic oxidation sites excluding steroid dienone is 2. The molecular formula is C24H29NO2S. The summed E-state index contributed by atoms with van der Waals surface area (Å²) in [4.78, 5) is 0.347. The highest BCUT2D eigenvalue weighted by Gasteiger charge is 2.35. The van der Waals surface area contributed by atoms with Crippen LogP contribution in [-0.4, -0.2) is 18.8 Å². The summed E-state index contributed by atoms with van der Waals surface area (Å²) in [5.41, 5.74) is 4.26. The quantitative estimate of drug-likeness (QED) is 0.607. The van der Waals surface area contributed by atoms with Crippen LogP contribution in [0.2, 0.25) is 0 Å². The Morgan fingerprint density at radius 2 is 1.71 bits per heavy atom. The fourth-order valence-electron chi connectivity index (χ4n) is 3.73.